The number of fused-ring (bicyclic) bond motifs is 1. The number of amides is 1. The maximum absolute atomic E-state index is 13.2. The van der Waals surface area contributed by atoms with Gasteiger partial charge in [0, 0.05) is 36.7 Å². The first-order chi connectivity index (χ1) is 9.72. The summed E-state index contributed by atoms with van der Waals surface area (Å²) in [5, 5.41) is 0.918. The van der Waals surface area contributed by atoms with Crippen LogP contribution < -0.4 is 0 Å². The summed E-state index contributed by atoms with van der Waals surface area (Å²) in [6.45, 7) is 1.77. The van der Waals surface area contributed by atoms with Gasteiger partial charge in [0.2, 0.25) is 5.91 Å². The molecule has 0 bridgehead atoms. The molecule has 0 unspecified atom stereocenters. The highest BCUT2D eigenvalue weighted by molar-refractivity contribution is 5.79. The van der Waals surface area contributed by atoms with Gasteiger partial charge in [-0.05, 0) is 37.5 Å². The van der Waals surface area contributed by atoms with E-state index >= 15 is 0 Å². The molecule has 1 aliphatic rings. The van der Waals surface area contributed by atoms with Crippen molar-refractivity contribution in [2.24, 2.45) is 0 Å². The molecule has 0 aliphatic carbocycles. The molecule has 20 heavy (non-hydrogen) atoms. The summed E-state index contributed by atoms with van der Waals surface area (Å²) in [4.78, 5) is 18.3. The Labute approximate surface area is 117 Å². The number of rotatable bonds is 3. The number of aromatic nitrogens is 1. The van der Waals surface area contributed by atoms with Gasteiger partial charge in [0.15, 0.2) is 0 Å². The van der Waals surface area contributed by atoms with E-state index in [4.69, 9.17) is 0 Å². The standard InChI is InChI=1S/C16H17FN2O/c17-13-5-3-12-4-6-14(18-15(12)11-13)7-8-16(20)19-9-1-2-10-19/h3-6,11H,1-2,7-10H2. The van der Waals surface area contributed by atoms with Gasteiger partial charge in [-0.1, -0.05) is 6.07 Å². The Morgan fingerprint density at radius 2 is 1.95 bits per heavy atom. The highest BCUT2D eigenvalue weighted by atomic mass is 19.1. The van der Waals surface area contributed by atoms with Crippen LogP contribution in [0.3, 0.4) is 0 Å². The second kappa shape index (κ2) is 5.57. The molecule has 1 amide bonds. The van der Waals surface area contributed by atoms with Crippen molar-refractivity contribution in [2.45, 2.75) is 25.7 Å². The van der Waals surface area contributed by atoms with E-state index in [0.29, 0.717) is 18.4 Å². The Kier molecular flexibility index (Phi) is 3.63. The van der Waals surface area contributed by atoms with Crippen molar-refractivity contribution < 1.29 is 9.18 Å². The van der Waals surface area contributed by atoms with Crippen LogP contribution in [0.4, 0.5) is 4.39 Å². The van der Waals surface area contributed by atoms with Gasteiger partial charge in [-0.2, -0.15) is 0 Å². The number of benzene rings is 1. The Hall–Kier alpha value is -1.97. The minimum absolute atomic E-state index is 0.198. The van der Waals surface area contributed by atoms with Crippen molar-refractivity contribution in [1.29, 1.82) is 0 Å². The largest absolute Gasteiger partial charge is 0.343 e. The smallest absolute Gasteiger partial charge is 0.222 e. The Morgan fingerprint density at radius 1 is 1.20 bits per heavy atom. The van der Waals surface area contributed by atoms with E-state index < -0.39 is 0 Å². The molecule has 0 saturated carbocycles. The quantitative estimate of drug-likeness (QED) is 0.860. The molecule has 1 aliphatic heterocycles. The van der Waals surface area contributed by atoms with Crippen LogP contribution in [-0.2, 0) is 11.2 Å². The molecule has 3 rings (SSSR count). The number of aryl methyl sites for hydroxylation is 1. The molecular weight excluding hydrogens is 255 g/mol. The summed E-state index contributed by atoms with van der Waals surface area (Å²) in [6, 6.07) is 8.42. The van der Waals surface area contributed by atoms with Crippen molar-refractivity contribution >= 4 is 16.8 Å². The molecule has 104 valence electrons. The molecule has 1 aromatic heterocycles. The Bertz CT molecular complexity index is 635. The predicted octanol–water partition coefficient (Wildman–Crippen LogP) is 2.93. The number of halogens is 1. The fraction of sp³-hybridized carbons (Fsp3) is 0.375. The van der Waals surface area contributed by atoms with Gasteiger partial charge in [-0.3, -0.25) is 9.78 Å². The molecule has 1 aromatic carbocycles. The van der Waals surface area contributed by atoms with E-state index in [2.05, 4.69) is 4.98 Å². The summed E-state index contributed by atoms with van der Waals surface area (Å²) in [6.07, 6.45) is 3.31. The Morgan fingerprint density at radius 3 is 2.75 bits per heavy atom. The number of hydrogen-bond acceptors (Lipinski definition) is 2. The van der Waals surface area contributed by atoms with Crippen molar-refractivity contribution in [2.75, 3.05) is 13.1 Å². The maximum atomic E-state index is 13.2. The topological polar surface area (TPSA) is 33.2 Å². The van der Waals surface area contributed by atoms with Gasteiger partial charge in [-0.15, -0.1) is 0 Å². The third-order valence-electron chi connectivity index (χ3n) is 3.77. The van der Waals surface area contributed by atoms with Crippen LogP contribution in [0.5, 0.6) is 0 Å². The van der Waals surface area contributed by atoms with E-state index in [9.17, 15) is 9.18 Å². The van der Waals surface area contributed by atoms with Crippen LogP contribution >= 0.6 is 0 Å². The second-order valence-corrected chi connectivity index (χ2v) is 5.23. The first-order valence-corrected chi connectivity index (χ1v) is 7.05. The molecule has 2 heterocycles. The van der Waals surface area contributed by atoms with Crippen molar-refractivity contribution in [1.82, 2.24) is 9.88 Å². The lowest BCUT2D eigenvalue weighted by Gasteiger charge is -2.14. The van der Waals surface area contributed by atoms with Gasteiger partial charge in [0.05, 0.1) is 5.52 Å². The minimum atomic E-state index is -0.282. The van der Waals surface area contributed by atoms with Crippen LogP contribution in [0, 0.1) is 5.82 Å². The van der Waals surface area contributed by atoms with Crippen LogP contribution in [0.25, 0.3) is 10.9 Å². The lowest BCUT2D eigenvalue weighted by atomic mass is 10.1. The molecule has 2 aromatic rings. The average Bonchev–Trinajstić information content (AvgIpc) is 2.98. The van der Waals surface area contributed by atoms with Crippen LogP contribution in [0.15, 0.2) is 30.3 Å². The van der Waals surface area contributed by atoms with Crippen LogP contribution in [-0.4, -0.2) is 28.9 Å². The van der Waals surface area contributed by atoms with E-state index in [1.807, 2.05) is 17.0 Å². The average molecular weight is 272 g/mol. The first kappa shape index (κ1) is 13.0. The van der Waals surface area contributed by atoms with Gasteiger partial charge < -0.3 is 4.90 Å². The van der Waals surface area contributed by atoms with Crippen LogP contribution in [0.1, 0.15) is 25.0 Å². The highest BCUT2D eigenvalue weighted by Crippen LogP contribution is 2.16. The molecule has 0 atom stereocenters. The number of carbonyl (C=O) groups excluding carboxylic acids is 1. The van der Waals surface area contributed by atoms with E-state index in [0.717, 1.165) is 37.0 Å². The molecule has 3 nitrogen and oxygen atoms in total. The zero-order valence-corrected chi connectivity index (χ0v) is 11.3. The minimum Gasteiger partial charge on any atom is -0.343 e. The lowest BCUT2D eigenvalue weighted by Crippen LogP contribution is -2.27. The number of nitrogens with zero attached hydrogens (tertiary/aromatic N) is 2. The fourth-order valence-electron chi connectivity index (χ4n) is 2.63. The summed E-state index contributed by atoms with van der Waals surface area (Å²) in [5.74, 6) is -0.0843. The van der Waals surface area contributed by atoms with E-state index in [1.54, 1.807) is 6.07 Å². The monoisotopic (exact) mass is 272 g/mol. The van der Waals surface area contributed by atoms with Crippen molar-refractivity contribution in [3.05, 3.63) is 41.8 Å². The molecular formula is C16H17FN2O. The summed E-state index contributed by atoms with van der Waals surface area (Å²) < 4.78 is 13.2. The van der Waals surface area contributed by atoms with Crippen molar-refractivity contribution in [3.63, 3.8) is 0 Å². The molecule has 1 saturated heterocycles. The third kappa shape index (κ3) is 2.79. The highest BCUT2D eigenvalue weighted by Gasteiger charge is 2.17. The van der Waals surface area contributed by atoms with Gasteiger partial charge in [-0.25, -0.2) is 4.39 Å². The van der Waals surface area contributed by atoms with Gasteiger partial charge in [0.1, 0.15) is 5.82 Å². The number of pyridine rings is 1. The van der Waals surface area contributed by atoms with Gasteiger partial charge in [0.25, 0.3) is 0 Å². The van der Waals surface area contributed by atoms with E-state index in [1.165, 1.54) is 12.1 Å². The summed E-state index contributed by atoms with van der Waals surface area (Å²) in [7, 11) is 0. The zero-order chi connectivity index (χ0) is 13.9. The summed E-state index contributed by atoms with van der Waals surface area (Å²) >= 11 is 0. The maximum Gasteiger partial charge on any atom is 0.222 e. The zero-order valence-electron chi connectivity index (χ0n) is 11.3. The van der Waals surface area contributed by atoms with Crippen LogP contribution in [0.2, 0.25) is 0 Å². The number of hydrogen-bond donors (Lipinski definition) is 0. The first-order valence-electron chi connectivity index (χ1n) is 7.05. The van der Waals surface area contributed by atoms with E-state index in [-0.39, 0.29) is 11.7 Å². The lowest BCUT2D eigenvalue weighted by molar-refractivity contribution is -0.130. The molecule has 0 N–H and O–H groups in total. The third-order valence-corrected chi connectivity index (χ3v) is 3.77. The second-order valence-electron chi connectivity index (χ2n) is 5.23. The van der Waals surface area contributed by atoms with Gasteiger partial charge >= 0.3 is 0 Å². The number of likely N-dealkylation sites (tertiary alicyclic amines) is 1. The Balaban J connectivity index is 1.69. The fourth-order valence-corrected chi connectivity index (χ4v) is 2.63. The SMILES string of the molecule is O=C(CCc1ccc2ccc(F)cc2n1)N1CCCC1. The normalized spacial score (nSPS) is 14.9. The summed E-state index contributed by atoms with van der Waals surface area (Å²) in [5.41, 5.74) is 1.49. The molecule has 1 fully saturated rings. The molecule has 4 heteroatoms. The predicted molar refractivity (Wildman–Crippen MR) is 75.8 cm³/mol. The molecule has 0 spiro atoms. The molecule has 0 radical (unpaired) electrons. The number of carbonyl (C=O) groups is 1. The van der Waals surface area contributed by atoms with Crippen molar-refractivity contribution in [3.8, 4) is 0 Å².